The van der Waals surface area contributed by atoms with E-state index in [1.165, 1.54) is 36.4 Å². The third kappa shape index (κ3) is 6.06. The number of aromatic nitrogens is 2. The highest BCUT2D eigenvalue weighted by atomic mass is 19.1. The standard InChI is InChI=1S/C31H26F2N4O4/c1-18-12-26(33)24(28-13-19(2)37(36-28)31(40)41-17-20-6-4-3-5-7-20)14-27(18)35-30(39)25-16-34-29(38)15-23(25)21-8-10-22(32)11-9-21/h3-14H,15-17H2,1-2H3,(H,34,38)(H,35,39). The number of aryl methyl sites for hydroxylation is 2. The number of nitrogens with one attached hydrogen (secondary N) is 2. The molecule has 2 amide bonds. The fourth-order valence-electron chi connectivity index (χ4n) is 4.54. The van der Waals surface area contributed by atoms with Crippen LogP contribution in [-0.4, -0.2) is 34.2 Å². The van der Waals surface area contributed by atoms with Crippen LogP contribution < -0.4 is 10.6 Å². The van der Waals surface area contributed by atoms with Crippen LogP contribution in [0.15, 0.2) is 78.4 Å². The second kappa shape index (κ2) is 11.5. The van der Waals surface area contributed by atoms with Gasteiger partial charge in [-0.15, -0.1) is 0 Å². The third-order valence-corrected chi connectivity index (χ3v) is 6.73. The minimum atomic E-state index is -0.710. The predicted molar refractivity (Wildman–Crippen MR) is 149 cm³/mol. The molecule has 0 radical (unpaired) electrons. The molecule has 1 aromatic heterocycles. The maximum Gasteiger partial charge on any atom is 0.435 e. The van der Waals surface area contributed by atoms with E-state index < -0.39 is 23.6 Å². The van der Waals surface area contributed by atoms with E-state index in [1.54, 1.807) is 19.9 Å². The number of hydrogen-bond acceptors (Lipinski definition) is 5. The Bertz CT molecular complexity index is 1680. The number of anilines is 1. The van der Waals surface area contributed by atoms with Crippen LogP contribution in [-0.2, 0) is 20.9 Å². The van der Waals surface area contributed by atoms with Gasteiger partial charge in [0.1, 0.15) is 18.2 Å². The van der Waals surface area contributed by atoms with Gasteiger partial charge in [-0.25, -0.2) is 13.6 Å². The maximum atomic E-state index is 15.1. The normalized spacial score (nSPS) is 13.1. The van der Waals surface area contributed by atoms with Crippen LogP contribution in [0.3, 0.4) is 0 Å². The molecule has 0 saturated carbocycles. The molecular weight excluding hydrogens is 530 g/mol. The fraction of sp³-hybridized carbons (Fsp3) is 0.161. The molecule has 3 aromatic carbocycles. The van der Waals surface area contributed by atoms with Gasteiger partial charge in [-0.05, 0) is 66.4 Å². The Labute approximate surface area is 234 Å². The molecule has 0 atom stereocenters. The van der Waals surface area contributed by atoms with Crippen molar-refractivity contribution < 1.29 is 27.9 Å². The van der Waals surface area contributed by atoms with E-state index in [0.29, 0.717) is 33.7 Å². The van der Waals surface area contributed by atoms with Gasteiger partial charge in [-0.2, -0.15) is 9.78 Å². The van der Waals surface area contributed by atoms with Crippen molar-refractivity contribution in [2.45, 2.75) is 26.9 Å². The lowest BCUT2D eigenvalue weighted by molar-refractivity contribution is -0.120. The van der Waals surface area contributed by atoms with Gasteiger partial charge in [-0.1, -0.05) is 42.5 Å². The van der Waals surface area contributed by atoms with Gasteiger partial charge in [0.15, 0.2) is 0 Å². The molecule has 2 heterocycles. The van der Waals surface area contributed by atoms with Crippen molar-refractivity contribution in [3.8, 4) is 11.3 Å². The zero-order valence-electron chi connectivity index (χ0n) is 22.3. The Morgan fingerprint density at radius 3 is 2.49 bits per heavy atom. The summed E-state index contributed by atoms with van der Waals surface area (Å²) in [6.07, 6.45) is -0.752. The zero-order chi connectivity index (χ0) is 29.1. The Morgan fingerprint density at radius 1 is 1.02 bits per heavy atom. The molecule has 0 spiro atoms. The number of benzene rings is 3. The molecule has 1 aliphatic heterocycles. The van der Waals surface area contributed by atoms with E-state index >= 15 is 4.39 Å². The second-order valence-corrected chi connectivity index (χ2v) is 9.64. The number of carbonyl (C=O) groups excluding carboxylic acids is 3. The van der Waals surface area contributed by atoms with Gasteiger partial charge in [-0.3, -0.25) is 9.59 Å². The highest BCUT2D eigenvalue weighted by Gasteiger charge is 2.25. The molecule has 8 nitrogen and oxygen atoms in total. The molecule has 0 bridgehead atoms. The predicted octanol–water partition coefficient (Wildman–Crippen LogP) is 5.54. The fourth-order valence-corrected chi connectivity index (χ4v) is 4.54. The largest absolute Gasteiger partial charge is 0.443 e. The lowest BCUT2D eigenvalue weighted by atomic mass is 9.93. The van der Waals surface area contributed by atoms with Crippen LogP contribution in [0.2, 0.25) is 0 Å². The first-order valence-corrected chi connectivity index (χ1v) is 12.8. The lowest BCUT2D eigenvalue weighted by Crippen LogP contribution is -2.35. The Kier molecular flexibility index (Phi) is 7.73. The molecule has 0 unspecified atom stereocenters. The van der Waals surface area contributed by atoms with E-state index in [1.807, 2.05) is 30.3 Å². The quantitative estimate of drug-likeness (QED) is 0.325. The summed E-state index contributed by atoms with van der Waals surface area (Å²) in [5.74, 6) is -1.76. The number of nitrogens with zero attached hydrogens (tertiary/aromatic N) is 2. The van der Waals surface area contributed by atoms with Gasteiger partial charge < -0.3 is 15.4 Å². The molecular formula is C31H26F2N4O4. The minimum Gasteiger partial charge on any atom is -0.443 e. The Hall–Kier alpha value is -5.12. The molecule has 41 heavy (non-hydrogen) atoms. The van der Waals surface area contributed by atoms with Crippen LogP contribution in [0.1, 0.15) is 28.8 Å². The van der Waals surface area contributed by atoms with Crippen LogP contribution >= 0.6 is 0 Å². The molecule has 208 valence electrons. The highest BCUT2D eigenvalue weighted by molar-refractivity contribution is 6.13. The summed E-state index contributed by atoms with van der Waals surface area (Å²) in [5.41, 5.74) is 3.65. The number of halogens is 2. The van der Waals surface area contributed by atoms with Gasteiger partial charge in [0.05, 0.1) is 12.1 Å². The molecule has 4 aromatic rings. The van der Waals surface area contributed by atoms with Gasteiger partial charge in [0, 0.05) is 29.1 Å². The topological polar surface area (TPSA) is 102 Å². The molecule has 2 N–H and O–H groups in total. The van der Waals surface area contributed by atoms with Crippen molar-refractivity contribution in [3.63, 3.8) is 0 Å². The molecule has 0 fully saturated rings. The maximum absolute atomic E-state index is 15.1. The first-order valence-electron chi connectivity index (χ1n) is 12.8. The number of amides is 2. The van der Waals surface area contributed by atoms with Crippen LogP contribution in [0.5, 0.6) is 0 Å². The molecule has 0 saturated heterocycles. The monoisotopic (exact) mass is 556 g/mol. The van der Waals surface area contributed by atoms with E-state index in [9.17, 15) is 18.8 Å². The first kappa shape index (κ1) is 27.4. The molecule has 1 aliphatic rings. The highest BCUT2D eigenvalue weighted by Crippen LogP contribution is 2.31. The van der Waals surface area contributed by atoms with Gasteiger partial charge in [0.2, 0.25) is 5.91 Å². The summed E-state index contributed by atoms with van der Waals surface area (Å²) in [7, 11) is 0. The first-order chi connectivity index (χ1) is 19.7. The Balaban J connectivity index is 1.40. The number of hydrogen-bond donors (Lipinski definition) is 2. The van der Waals surface area contributed by atoms with E-state index in [0.717, 1.165) is 10.2 Å². The molecule has 5 rings (SSSR count). The smallest absolute Gasteiger partial charge is 0.435 e. The van der Waals surface area contributed by atoms with E-state index in [2.05, 4.69) is 15.7 Å². The van der Waals surface area contributed by atoms with Crippen molar-refractivity contribution in [1.29, 1.82) is 0 Å². The summed E-state index contributed by atoms with van der Waals surface area (Å²) in [6.45, 7) is 3.33. The van der Waals surface area contributed by atoms with Crippen molar-refractivity contribution in [2.24, 2.45) is 0 Å². The average molecular weight is 557 g/mol. The summed E-state index contributed by atoms with van der Waals surface area (Å²) in [5, 5.41) is 9.74. The zero-order valence-corrected chi connectivity index (χ0v) is 22.3. The van der Waals surface area contributed by atoms with Crippen molar-refractivity contribution in [1.82, 2.24) is 15.1 Å². The number of ether oxygens (including phenoxy) is 1. The van der Waals surface area contributed by atoms with Gasteiger partial charge in [0.25, 0.3) is 5.91 Å². The summed E-state index contributed by atoms with van der Waals surface area (Å²) in [4.78, 5) is 38.1. The molecule has 0 aliphatic carbocycles. The second-order valence-electron chi connectivity index (χ2n) is 9.64. The van der Waals surface area contributed by atoms with E-state index in [-0.39, 0.29) is 36.7 Å². The summed E-state index contributed by atoms with van der Waals surface area (Å²) in [6, 6.07) is 19.0. The Morgan fingerprint density at radius 2 is 1.76 bits per heavy atom. The SMILES string of the molecule is Cc1cc(F)c(-c2cc(C)n(C(=O)OCc3ccccc3)n2)cc1NC(=O)C1=C(c2ccc(F)cc2)CC(=O)NC1. The van der Waals surface area contributed by atoms with Crippen molar-refractivity contribution >= 4 is 29.2 Å². The number of rotatable bonds is 6. The lowest BCUT2D eigenvalue weighted by Gasteiger charge is -2.21. The van der Waals surface area contributed by atoms with Crippen LogP contribution in [0.25, 0.3) is 16.8 Å². The van der Waals surface area contributed by atoms with E-state index in [4.69, 9.17) is 4.74 Å². The van der Waals surface area contributed by atoms with Crippen molar-refractivity contribution in [2.75, 3.05) is 11.9 Å². The van der Waals surface area contributed by atoms with Gasteiger partial charge >= 0.3 is 6.09 Å². The van der Waals surface area contributed by atoms with Crippen LogP contribution in [0.4, 0.5) is 19.3 Å². The van der Waals surface area contributed by atoms with Crippen LogP contribution in [0, 0.1) is 25.5 Å². The summed E-state index contributed by atoms with van der Waals surface area (Å²) < 4.78 is 35.0. The summed E-state index contributed by atoms with van der Waals surface area (Å²) >= 11 is 0. The van der Waals surface area contributed by atoms with Crippen molar-refractivity contribution in [3.05, 3.63) is 112 Å². The minimum absolute atomic E-state index is 0.0147. The number of carbonyl (C=O) groups is 3. The molecule has 10 heteroatoms. The third-order valence-electron chi connectivity index (χ3n) is 6.73. The average Bonchev–Trinajstić information content (AvgIpc) is 3.35.